The maximum atomic E-state index is 14.3. The standard InChI is InChI=1S/C20H18FN9O2/c21-14-10-12(6-7-15(14)25-9-3-8-22)27-19-13(18(23)31)11-26-20(28-19)32-30-17-5-2-1-4-16(17)29-24/h1-2,4-11,22,24,30H,3H2,(H2,23,31)(H,26,27,28). The van der Waals surface area contributed by atoms with Gasteiger partial charge in [-0.25, -0.2) is 20.4 Å². The average Bonchev–Trinajstić information content (AvgIpc) is 2.79. The Balaban J connectivity index is 1.82. The molecule has 32 heavy (non-hydrogen) atoms. The lowest BCUT2D eigenvalue weighted by Crippen LogP contribution is -2.16. The van der Waals surface area contributed by atoms with Crippen LogP contribution < -0.4 is 21.4 Å². The van der Waals surface area contributed by atoms with Crippen molar-refractivity contribution in [1.29, 1.82) is 10.9 Å². The van der Waals surface area contributed by atoms with Crippen molar-refractivity contribution in [2.45, 2.75) is 6.42 Å². The molecule has 1 heterocycles. The maximum absolute atomic E-state index is 14.3. The molecule has 0 aliphatic rings. The molecule has 0 radical (unpaired) electrons. The van der Waals surface area contributed by atoms with Crippen LogP contribution in [0.2, 0.25) is 0 Å². The number of nitrogens with one attached hydrogen (secondary N) is 4. The Kier molecular flexibility index (Phi) is 7.09. The van der Waals surface area contributed by atoms with E-state index in [4.69, 9.17) is 21.5 Å². The zero-order valence-electron chi connectivity index (χ0n) is 16.5. The summed E-state index contributed by atoms with van der Waals surface area (Å²) in [6, 6.07) is 10.7. The van der Waals surface area contributed by atoms with Crippen LogP contribution in [0.5, 0.6) is 6.01 Å². The molecule has 1 aromatic heterocycles. The fourth-order valence-corrected chi connectivity index (χ4v) is 2.48. The monoisotopic (exact) mass is 435 g/mol. The number of carbonyl (C=O) groups is 1. The van der Waals surface area contributed by atoms with Crippen LogP contribution in [-0.4, -0.2) is 28.3 Å². The van der Waals surface area contributed by atoms with Crippen molar-refractivity contribution in [2.24, 2.45) is 15.8 Å². The van der Waals surface area contributed by atoms with E-state index < -0.39 is 11.7 Å². The molecule has 162 valence electrons. The molecule has 0 bridgehead atoms. The molecule has 0 saturated carbocycles. The normalized spacial score (nSPS) is 10.5. The molecule has 0 spiro atoms. The second kappa shape index (κ2) is 10.3. The first kappa shape index (κ1) is 22.0. The fourth-order valence-electron chi connectivity index (χ4n) is 2.48. The lowest BCUT2D eigenvalue weighted by Gasteiger charge is -2.12. The molecule has 0 fully saturated rings. The van der Waals surface area contributed by atoms with Crippen molar-refractivity contribution < 1.29 is 14.0 Å². The van der Waals surface area contributed by atoms with Crippen LogP contribution in [0.3, 0.4) is 0 Å². The predicted molar refractivity (Wildman–Crippen MR) is 117 cm³/mol. The number of aromatic nitrogens is 2. The number of amides is 1. The van der Waals surface area contributed by atoms with E-state index >= 15 is 0 Å². The number of benzene rings is 2. The van der Waals surface area contributed by atoms with Gasteiger partial charge in [-0.1, -0.05) is 12.1 Å². The first-order chi connectivity index (χ1) is 15.5. The zero-order chi connectivity index (χ0) is 22.9. The topological polar surface area (TPSA) is 175 Å². The minimum Gasteiger partial charge on any atom is -0.365 e. The van der Waals surface area contributed by atoms with E-state index in [-0.39, 0.29) is 28.8 Å². The van der Waals surface area contributed by atoms with E-state index in [1.54, 1.807) is 24.3 Å². The van der Waals surface area contributed by atoms with Gasteiger partial charge in [0, 0.05) is 30.7 Å². The number of hydrogen-bond acceptors (Lipinski definition) is 10. The quantitative estimate of drug-likeness (QED) is 0.180. The van der Waals surface area contributed by atoms with Gasteiger partial charge in [0.15, 0.2) is 11.6 Å². The van der Waals surface area contributed by atoms with E-state index in [2.05, 4.69) is 30.9 Å². The molecule has 0 aliphatic heterocycles. The van der Waals surface area contributed by atoms with Crippen molar-refractivity contribution in [3.05, 3.63) is 60.0 Å². The number of anilines is 3. The summed E-state index contributed by atoms with van der Waals surface area (Å²) in [6.07, 6.45) is 4.02. The summed E-state index contributed by atoms with van der Waals surface area (Å²) in [7, 11) is 0. The molecule has 12 heteroatoms. The Morgan fingerprint density at radius 3 is 2.78 bits per heavy atom. The van der Waals surface area contributed by atoms with Crippen LogP contribution in [0.4, 0.5) is 33.0 Å². The molecule has 3 rings (SSSR count). The minimum atomic E-state index is -0.793. The molecule has 0 saturated heterocycles. The molecular formula is C20H18FN9O2. The van der Waals surface area contributed by atoms with Gasteiger partial charge in [-0.3, -0.25) is 9.79 Å². The second-order valence-corrected chi connectivity index (χ2v) is 6.15. The summed E-state index contributed by atoms with van der Waals surface area (Å²) < 4.78 is 14.3. The van der Waals surface area contributed by atoms with Crippen molar-refractivity contribution in [1.82, 2.24) is 9.97 Å². The highest BCUT2D eigenvalue weighted by atomic mass is 19.1. The number of nitrogens with two attached hydrogens (primary N) is 1. The number of halogens is 1. The molecule has 11 nitrogen and oxygen atoms in total. The Hall–Kier alpha value is -4.74. The van der Waals surface area contributed by atoms with E-state index in [0.717, 1.165) is 6.21 Å². The van der Waals surface area contributed by atoms with Gasteiger partial charge in [0.2, 0.25) is 0 Å². The lowest BCUT2D eigenvalue weighted by molar-refractivity contribution is 0.100. The van der Waals surface area contributed by atoms with Crippen LogP contribution in [-0.2, 0) is 0 Å². The highest BCUT2D eigenvalue weighted by Gasteiger charge is 2.15. The van der Waals surface area contributed by atoms with Crippen molar-refractivity contribution >= 4 is 46.9 Å². The van der Waals surface area contributed by atoms with Crippen molar-refractivity contribution in [3.8, 4) is 6.01 Å². The largest absolute Gasteiger partial charge is 0.365 e. The number of hydrogen-bond donors (Lipinski definition) is 5. The van der Waals surface area contributed by atoms with Gasteiger partial charge in [-0.2, -0.15) is 10.1 Å². The fraction of sp³-hybridized carbons (Fsp3) is 0.0500. The van der Waals surface area contributed by atoms with Gasteiger partial charge in [0.05, 0.1) is 11.4 Å². The summed E-state index contributed by atoms with van der Waals surface area (Å²) in [5.41, 5.74) is 16.2. The van der Waals surface area contributed by atoms with Crippen LogP contribution >= 0.6 is 0 Å². The van der Waals surface area contributed by atoms with Crippen LogP contribution in [0.15, 0.2) is 58.8 Å². The maximum Gasteiger partial charge on any atom is 0.344 e. The third kappa shape index (κ3) is 5.44. The summed E-state index contributed by atoms with van der Waals surface area (Å²) in [5, 5.41) is 13.1. The summed E-state index contributed by atoms with van der Waals surface area (Å²) >= 11 is 0. The van der Waals surface area contributed by atoms with E-state index in [9.17, 15) is 9.18 Å². The summed E-state index contributed by atoms with van der Waals surface area (Å²) in [5.74, 6) is -1.40. The third-order valence-corrected chi connectivity index (χ3v) is 3.97. The van der Waals surface area contributed by atoms with E-state index in [0.29, 0.717) is 17.8 Å². The van der Waals surface area contributed by atoms with Gasteiger partial charge in [-0.05, 0) is 30.3 Å². The molecule has 6 N–H and O–H groups in total. The summed E-state index contributed by atoms with van der Waals surface area (Å²) in [4.78, 5) is 29.1. The van der Waals surface area contributed by atoms with E-state index in [1.165, 1.54) is 30.6 Å². The first-order valence-electron chi connectivity index (χ1n) is 9.16. The Morgan fingerprint density at radius 1 is 1.25 bits per heavy atom. The van der Waals surface area contributed by atoms with Crippen LogP contribution in [0, 0.1) is 16.8 Å². The number of aliphatic imine (C=N–C) groups is 1. The lowest BCUT2D eigenvalue weighted by atomic mass is 10.2. The number of carbonyl (C=O) groups excluding carboxylic acids is 1. The predicted octanol–water partition coefficient (Wildman–Crippen LogP) is 4.27. The molecule has 0 aliphatic carbocycles. The summed E-state index contributed by atoms with van der Waals surface area (Å²) in [6.45, 7) is 0. The van der Waals surface area contributed by atoms with Crippen LogP contribution in [0.1, 0.15) is 16.8 Å². The van der Waals surface area contributed by atoms with Crippen molar-refractivity contribution in [3.63, 3.8) is 0 Å². The highest BCUT2D eigenvalue weighted by Crippen LogP contribution is 2.27. The van der Waals surface area contributed by atoms with Gasteiger partial charge < -0.3 is 21.3 Å². The second-order valence-electron chi connectivity index (χ2n) is 6.15. The SMILES string of the molecule is N=CCC=Nc1ccc(Nc2nc(ONc3ccccc3N=N)ncc2C(N)=O)cc1F. The number of nitrogens with zero attached hydrogens (tertiary/aromatic N) is 4. The first-order valence-corrected chi connectivity index (χ1v) is 9.16. The van der Waals surface area contributed by atoms with Gasteiger partial charge in [0.25, 0.3) is 5.91 Å². The molecule has 2 aromatic carbocycles. The molecule has 1 amide bonds. The van der Waals surface area contributed by atoms with Gasteiger partial charge in [0.1, 0.15) is 11.3 Å². The third-order valence-electron chi connectivity index (χ3n) is 3.97. The Bertz CT molecular complexity index is 1180. The molecule has 0 atom stereocenters. The average molecular weight is 435 g/mol. The zero-order valence-corrected chi connectivity index (χ0v) is 16.5. The van der Waals surface area contributed by atoms with E-state index in [1.807, 2.05) is 0 Å². The molecule has 3 aromatic rings. The Labute approximate surface area is 181 Å². The number of para-hydroxylation sites is 2. The minimum absolute atomic E-state index is 0.00206. The van der Waals surface area contributed by atoms with Gasteiger partial charge >= 0.3 is 6.01 Å². The Morgan fingerprint density at radius 2 is 2.06 bits per heavy atom. The molecular weight excluding hydrogens is 417 g/mol. The molecule has 0 unspecified atom stereocenters. The smallest absolute Gasteiger partial charge is 0.344 e. The van der Waals surface area contributed by atoms with Crippen LogP contribution in [0.25, 0.3) is 0 Å². The number of rotatable bonds is 10. The number of primary amides is 1. The highest BCUT2D eigenvalue weighted by molar-refractivity contribution is 5.98. The van der Waals surface area contributed by atoms with Crippen molar-refractivity contribution in [2.75, 3.05) is 10.8 Å². The van der Waals surface area contributed by atoms with Gasteiger partial charge in [-0.15, -0.1) is 0 Å².